The first kappa shape index (κ1) is 41.6. The predicted octanol–water partition coefficient (Wildman–Crippen LogP) is 9.88. The van der Waals surface area contributed by atoms with Crippen molar-refractivity contribution in [1.82, 2.24) is 10.3 Å². The van der Waals surface area contributed by atoms with Crippen LogP contribution in [0, 0.1) is 0 Å². The summed E-state index contributed by atoms with van der Waals surface area (Å²) in [5.74, 6) is 0.949. The number of likely N-dealkylation sites (N-methyl/N-ethyl adjacent to an activating group) is 1. The van der Waals surface area contributed by atoms with Crippen molar-refractivity contribution in [2.45, 2.75) is 37.5 Å². The summed E-state index contributed by atoms with van der Waals surface area (Å²) < 4.78 is 0. The van der Waals surface area contributed by atoms with Gasteiger partial charge in [0.05, 0.1) is 17.8 Å². The lowest BCUT2D eigenvalue weighted by atomic mass is 9.67. The lowest BCUT2D eigenvalue weighted by molar-refractivity contribution is 0.627. The number of hydrogen-bond donors (Lipinski definition) is 3. The van der Waals surface area contributed by atoms with Crippen LogP contribution < -0.4 is 16.8 Å². The molecule has 0 amide bonds. The van der Waals surface area contributed by atoms with E-state index in [1.165, 1.54) is 39.0 Å². The number of benzene rings is 3. The Morgan fingerprint density at radius 2 is 1.63 bits per heavy atom. The van der Waals surface area contributed by atoms with Gasteiger partial charge in [-0.15, -0.1) is 13.2 Å². The van der Waals surface area contributed by atoms with Gasteiger partial charge in [0, 0.05) is 36.3 Å². The van der Waals surface area contributed by atoms with Crippen LogP contribution in [0.25, 0.3) is 11.1 Å². The van der Waals surface area contributed by atoms with Crippen LogP contribution in [0.5, 0.6) is 0 Å². The Kier molecular flexibility index (Phi) is 17.2. The summed E-state index contributed by atoms with van der Waals surface area (Å²) in [4.78, 5) is 8.68. The average molecular weight is 710 g/mol. The van der Waals surface area contributed by atoms with Crippen molar-refractivity contribution in [3.63, 3.8) is 0 Å². The predicted molar refractivity (Wildman–Crippen MR) is 229 cm³/mol. The van der Waals surface area contributed by atoms with Crippen molar-refractivity contribution in [3.8, 4) is 11.1 Å². The van der Waals surface area contributed by atoms with Crippen LogP contribution in [-0.4, -0.2) is 37.2 Å². The lowest BCUT2D eigenvalue weighted by Crippen LogP contribution is -2.29. The lowest BCUT2D eigenvalue weighted by Gasteiger charge is -2.35. The number of nitrogens with zero attached hydrogens (tertiary/aromatic N) is 2. The third-order valence-corrected chi connectivity index (χ3v) is 9.44. The molecule has 1 heterocycles. The molecule has 0 spiro atoms. The second-order valence-corrected chi connectivity index (χ2v) is 13.0. The first-order chi connectivity index (χ1) is 25.4. The zero-order valence-electron chi connectivity index (χ0n) is 31.3. The number of aromatic nitrogens is 1. The van der Waals surface area contributed by atoms with Crippen LogP contribution in [0.2, 0.25) is 0 Å². The van der Waals surface area contributed by atoms with Crippen molar-refractivity contribution in [3.05, 3.63) is 199 Å². The molecule has 0 bridgehead atoms. The van der Waals surface area contributed by atoms with Crippen LogP contribution in [-0.2, 0) is 11.2 Å². The van der Waals surface area contributed by atoms with E-state index in [9.17, 15) is 0 Å². The van der Waals surface area contributed by atoms with E-state index < -0.39 is 0 Å². The molecular weight excluding hydrogens is 655 g/mol. The van der Waals surface area contributed by atoms with Crippen molar-refractivity contribution in [1.29, 1.82) is 0 Å². The molecule has 1 aliphatic rings. The molecule has 3 aromatic carbocycles. The summed E-state index contributed by atoms with van der Waals surface area (Å²) >= 11 is 1.86. The van der Waals surface area contributed by atoms with Gasteiger partial charge in [0.25, 0.3) is 0 Å². The normalized spacial score (nSPS) is 15.8. The van der Waals surface area contributed by atoms with Gasteiger partial charge in [-0.2, -0.15) is 11.8 Å². The number of hydrogen-bond acceptors (Lipinski definition) is 6. The molecule has 5 rings (SSSR count). The van der Waals surface area contributed by atoms with Crippen LogP contribution in [0.1, 0.15) is 59.7 Å². The molecule has 5 nitrogen and oxygen atoms in total. The Hall–Kier alpha value is -4.85. The fourth-order valence-corrected chi connectivity index (χ4v) is 7.39. The molecular formula is C46H55N5S. The maximum Gasteiger partial charge on any atom is 0.0867 e. The number of pyridine rings is 1. The van der Waals surface area contributed by atoms with E-state index in [-0.39, 0.29) is 18.1 Å². The van der Waals surface area contributed by atoms with Crippen molar-refractivity contribution < 1.29 is 0 Å². The number of rotatable bonds is 14. The SMILES string of the molecule is C=C.C=C/C=C(\C=C/C)CC1(c2ccccc2CSC)c2ccccc2-c2cc(C(=N/CN)/C(=C/C=C)CNC)ccc21.CC(N)c1cccnc1. The number of allylic oxidation sites excluding steroid dienone is 7. The molecule has 1 aliphatic carbocycles. The Balaban J connectivity index is 0.000000571. The first-order valence-corrected chi connectivity index (χ1v) is 18.9. The van der Waals surface area contributed by atoms with E-state index in [0.717, 1.165) is 34.6 Å². The fourth-order valence-electron chi connectivity index (χ4n) is 6.83. The summed E-state index contributed by atoms with van der Waals surface area (Å²) in [5.41, 5.74) is 24.4. The minimum absolute atomic E-state index is 0.0960. The molecule has 270 valence electrons. The highest BCUT2D eigenvalue weighted by Crippen LogP contribution is 2.56. The van der Waals surface area contributed by atoms with Crippen LogP contribution in [0.15, 0.2) is 170 Å². The number of thioether (sulfide) groups is 1. The average Bonchev–Trinajstić information content (AvgIpc) is 3.45. The van der Waals surface area contributed by atoms with Gasteiger partial charge in [0.1, 0.15) is 0 Å². The Morgan fingerprint density at radius 1 is 0.942 bits per heavy atom. The summed E-state index contributed by atoms with van der Waals surface area (Å²) in [6.45, 7) is 18.9. The minimum atomic E-state index is -0.360. The summed E-state index contributed by atoms with van der Waals surface area (Å²) in [7, 11) is 1.94. The third-order valence-electron chi connectivity index (χ3n) is 8.84. The zero-order chi connectivity index (χ0) is 37.9. The largest absolute Gasteiger partial charge is 0.324 e. The van der Waals surface area contributed by atoms with Crippen LogP contribution >= 0.6 is 11.8 Å². The number of aliphatic imine (C=N–C) groups is 1. The van der Waals surface area contributed by atoms with Gasteiger partial charge in [-0.3, -0.25) is 9.98 Å². The highest BCUT2D eigenvalue weighted by molar-refractivity contribution is 7.97. The van der Waals surface area contributed by atoms with Crippen molar-refractivity contribution in [2.75, 3.05) is 26.5 Å². The highest BCUT2D eigenvalue weighted by Gasteiger charge is 2.45. The maximum absolute atomic E-state index is 5.98. The molecule has 6 heteroatoms. The molecule has 0 saturated heterocycles. The van der Waals surface area contributed by atoms with E-state index in [1.807, 2.05) is 56.1 Å². The standard InChI is InChI=1S/C37H41N3S.C7H10N2.C2H4/c1-6-13-27(14-7-2)23-37(33-18-11-9-16-30(33)25-41-5)34-19-12-10-17-31(34)32-22-28(20-21-35(32)37)36(40-26-38)29(15-8-3)24-39-4;1-6(8)7-3-2-4-9-5-7;1-2/h6-22,39H,1,3,23-26,38H2,2,4-5H3;2-6H,8H2,1H3;1-2H2/b14-7-,27-13+,29-15+,40-36-;;. The molecule has 4 aromatic rings. The quantitative estimate of drug-likeness (QED) is 0.0689. The molecule has 2 atom stereocenters. The molecule has 0 saturated carbocycles. The first-order valence-electron chi connectivity index (χ1n) is 17.5. The van der Waals surface area contributed by atoms with Gasteiger partial charge < -0.3 is 16.8 Å². The van der Waals surface area contributed by atoms with E-state index in [2.05, 4.69) is 135 Å². The molecule has 0 radical (unpaired) electrons. The second-order valence-electron chi connectivity index (χ2n) is 12.2. The second kappa shape index (κ2) is 21.5. The molecule has 1 aromatic heterocycles. The van der Waals surface area contributed by atoms with E-state index in [0.29, 0.717) is 6.54 Å². The molecule has 0 fully saturated rings. The summed E-state index contributed by atoms with van der Waals surface area (Å²) in [6.07, 6.45) is 18.7. The summed E-state index contributed by atoms with van der Waals surface area (Å²) in [5, 5.41) is 3.27. The maximum atomic E-state index is 5.98. The third kappa shape index (κ3) is 9.72. The number of fused-ring (bicyclic) bond motifs is 3. The highest BCUT2D eigenvalue weighted by atomic mass is 32.2. The van der Waals surface area contributed by atoms with Gasteiger partial charge in [0.2, 0.25) is 0 Å². The Morgan fingerprint density at radius 3 is 2.23 bits per heavy atom. The number of nitrogens with two attached hydrogens (primary N) is 2. The smallest absolute Gasteiger partial charge is 0.0867 e. The topological polar surface area (TPSA) is 89.3 Å². The fraction of sp³-hybridized carbons (Fsp3) is 0.217. The van der Waals surface area contributed by atoms with Gasteiger partial charge in [-0.1, -0.05) is 116 Å². The monoisotopic (exact) mass is 709 g/mol. The number of nitrogens with one attached hydrogen (secondary N) is 1. The molecule has 5 N–H and O–H groups in total. The van der Waals surface area contributed by atoms with E-state index >= 15 is 0 Å². The van der Waals surface area contributed by atoms with Gasteiger partial charge in [0.15, 0.2) is 0 Å². The van der Waals surface area contributed by atoms with Crippen LogP contribution in [0.4, 0.5) is 0 Å². The van der Waals surface area contributed by atoms with Crippen molar-refractivity contribution >= 4 is 17.5 Å². The van der Waals surface area contributed by atoms with Gasteiger partial charge in [-0.25, -0.2) is 0 Å². The minimum Gasteiger partial charge on any atom is -0.324 e. The summed E-state index contributed by atoms with van der Waals surface area (Å²) in [6, 6.07) is 28.6. The zero-order valence-corrected chi connectivity index (χ0v) is 32.1. The van der Waals surface area contributed by atoms with Gasteiger partial charge in [-0.05, 0) is 95.8 Å². The van der Waals surface area contributed by atoms with E-state index in [4.69, 9.17) is 16.5 Å². The van der Waals surface area contributed by atoms with Gasteiger partial charge >= 0.3 is 0 Å². The molecule has 52 heavy (non-hydrogen) atoms. The Labute approximate surface area is 316 Å². The Bertz CT molecular complexity index is 1890. The van der Waals surface area contributed by atoms with Crippen LogP contribution in [0.3, 0.4) is 0 Å². The van der Waals surface area contributed by atoms with Crippen molar-refractivity contribution in [2.24, 2.45) is 16.5 Å². The molecule has 0 aliphatic heterocycles. The molecule has 2 unspecified atom stereocenters. The van der Waals surface area contributed by atoms with E-state index in [1.54, 1.807) is 12.4 Å².